The molecule has 0 radical (unpaired) electrons. The minimum atomic E-state index is 0.414. The van der Waals surface area contributed by atoms with Gasteiger partial charge in [0.15, 0.2) is 4.67 Å². The standard InChI is InChI=1S/C13H22BrNO/c1-4-15-12(7-5-6-10(2)3)11-8-9-16-13(11)14/h8-10,12,15H,4-7H2,1-3H3. The molecule has 0 amide bonds. The monoisotopic (exact) mass is 287 g/mol. The number of halogens is 1. The highest BCUT2D eigenvalue weighted by Crippen LogP contribution is 2.28. The van der Waals surface area contributed by atoms with Gasteiger partial charge in [0, 0.05) is 11.6 Å². The van der Waals surface area contributed by atoms with Gasteiger partial charge in [-0.2, -0.15) is 0 Å². The van der Waals surface area contributed by atoms with Crippen LogP contribution in [0.3, 0.4) is 0 Å². The molecular formula is C13H22BrNO. The first-order valence-corrected chi connectivity index (χ1v) is 6.90. The smallest absolute Gasteiger partial charge is 0.173 e. The van der Waals surface area contributed by atoms with E-state index in [1.165, 1.54) is 24.8 Å². The summed E-state index contributed by atoms with van der Waals surface area (Å²) in [5, 5.41) is 3.51. The van der Waals surface area contributed by atoms with Crippen LogP contribution in [0.15, 0.2) is 21.4 Å². The lowest BCUT2D eigenvalue weighted by molar-refractivity contribution is 0.446. The van der Waals surface area contributed by atoms with Gasteiger partial charge in [-0.25, -0.2) is 0 Å². The fourth-order valence-electron chi connectivity index (χ4n) is 1.90. The van der Waals surface area contributed by atoms with Crippen LogP contribution in [-0.4, -0.2) is 6.54 Å². The van der Waals surface area contributed by atoms with Gasteiger partial charge in [0.05, 0.1) is 6.26 Å². The molecule has 92 valence electrons. The fraction of sp³-hybridized carbons (Fsp3) is 0.692. The van der Waals surface area contributed by atoms with Crippen molar-refractivity contribution >= 4 is 15.9 Å². The Morgan fingerprint density at radius 2 is 2.12 bits per heavy atom. The summed E-state index contributed by atoms with van der Waals surface area (Å²) < 4.78 is 6.16. The molecule has 0 aliphatic heterocycles. The minimum Gasteiger partial charge on any atom is -0.457 e. The Bertz CT molecular complexity index is 296. The van der Waals surface area contributed by atoms with Crippen LogP contribution in [0, 0.1) is 5.92 Å². The van der Waals surface area contributed by atoms with E-state index in [0.717, 1.165) is 17.1 Å². The maximum atomic E-state index is 5.30. The number of hydrogen-bond acceptors (Lipinski definition) is 2. The van der Waals surface area contributed by atoms with Crippen molar-refractivity contribution in [1.82, 2.24) is 5.32 Å². The van der Waals surface area contributed by atoms with Crippen molar-refractivity contribution in [1.29, 1.82) is 0 Å². The first-order valence-electron chi connectivity index (χ1n) is 6.11. The predicted octanol–water partition coefficient (Wildman–Crippen LogP) is 4.52. The summed E-state index contributed by atoms with van der Waals surface area (Å²) in [6.45, 7) is 7.68. The molecule has 1 N–H and O–H groups in total. The van der Waals surface area contributed by atoms with E-state index in [1.54, 1.807) is 6.26 Å². The van der Waals surface area contributed by atoms with Gasteiger partial charge in [-0.15, -0.1) is 0 Å². The molecule has 1 atom stereocenters. The van der Waals surface area contributed by atoms with E-state index in [4.69, 9.17) is 4.42 Å². The topological polar surface area (TPSA) is 25.2 Å². The van der Waals surface area contributed by atoms with Crippen LogP contribution in [0.25, 0.3) is 0 Å². The Hall–Kier alpha value is -0.280. The molecule has 1 aromatic heterocycles. The van der Waals surface area contributed by atoms with Crippen LogP contribution in [-0.2, 0) is 0 Å². The van der Waals surface area contributed by atoms with Crippen molar-refractivity contribution in [2.45, 2.75) is 46.1 Å². The molecule has 3 heteroatoms. The molecule has 16 heavy (non-hydrogen) atoms. The van der Waals surface area contributed by atoms with Gasteiger partial charge in [-0.3, -0.25) is 0 Å². The summed E-state index contributed by atoms with van der Waals surface area (Å²) in [6.07, 6.45) is 5.46. The maximum Gasteiger partial charge on any atom is 0.173 e. The van der Waals surface area contributed by atoms with Crippen LogP contribution in [0.4, 0.5) is 0 Å². The molecule has 2 nitrogen and oxygen atoms in total. The second-order valence-electron chi connectivity index (χ2n) is 4.58. The zero-order chi connectivity index (χ0) is 12.0. The lowest BCUT2D eigenvalue weighted by atomic mass is 10.00. The van der Waals surface area contributed by atoms with Crippen LogP contribution in [0.5, 0.6) is 0 Å². The first kappa shape index (κ1) is 13.8. The van der Waals surface area contributed by atoms with Crippen LogP contribution < -0.4 is 5.32 Å². The van der Waals surface area contributed by atoms with E-state index in [-0.39, 0.29) is 0 Å². The van der Waals surface area contributed by atoms with E-state index in [9.17, 15) is 0 Å². The van der Waals surface area contributed by atoms with Crippen molar-refractivity contribution in [3.05, 3.63) is 22.6 Å². The molecule has 0 aromatic carbocycles. The second kappa shape index (κ2) is 7.13. The average molecular weight is 288 g/mol. The molecule has 1 heterocycles. The highest BCUT2D eigenvalue weighted by Gasteiger charge is 2.15. The summed E-state index contributed by atoms with van der Waals surface area (Å²) in [5.41, 5.74) is 1.24. The number of furan rings is 1. The third-order valence-corrected chi connectivity index (χ3v) is 3.39. The van der Waals surface area contributed by atoms with E-state index in [2.05, 4.69) is 42.0 Å². The van der Waals surface area contributed by atoms with Gasteiger partial charge < -0.3 is 9.73 Å². The quantitative estimate of drug-likeness (QED) is 0.798. The molecule has 1 unspecified atom stereocenters. The number of hydrogen-bond donors (Lipinski definition) is 1. The highest BCUT2D eigenvalue weighted by molar-refractivity contribution is 9.10. The van der Waals surface area contributed by atoms with Crippen molar-refractivity contribution < 1.29 is 4.42 Å². The van der Waals surface area contributed by atoms with Gasteiger partial charge in [-0.1, -0.05) is 33.6 Å². The lowest BCUT2D eigenvalue weighted by Gasteiger charge is -2.17. The Kier molecular flexibility index (Phi) is 6.14. The summed E-state index contributed by atoms with van der Waals surface area (Å²) in [7, 11) is 0. The van der Waals surface area contributed by atoms with Crippen LogP contribution >= 0.6 is 15.9 Å². The molecule has 0 saturated carbocycles. The van der Waals surface area contributed by atoms with E-state index in [1.807, 2.05) is 6.07 Å². The van der Waals surface area contributed by atoms with E-state index >= 15 is 0 Å². The van der Waals surface area contributed by atoms with Gasteiger partial charge in [0.2, 0.25) is 0 Å². The lowest BCUT2D eigenvalue weighted by Crippen LogP contribution is -2.20. The van der Waals surface area contributed by atoms with Crippen molar-refractivity contribution in [3.8, 4) is 0 Å². The zero-order valence-corrected chi connectivity index (χ0v) is 12.0. The van der Waals surface area contributed by atoms with Crippen molar-refractivity contribution in [2.24, 2.45) is 5.92 Å². The van der Waals surface area contributed by atoms with Gasteiger partial charge >= 0.3 is 0 Å². The molecule has 0 spiro atoms. The largest absolute Gasteiger partial charge is 0.457 e. The van der Waals surface area contributed by atoms with Crippen LogP contribution in [0.2, 0.25) is 0 Å². The summed E-state index contributed by atoms with van der Waals surface area (Å²) >= 11 is 3.45. The minimum absolute atomic E-state index is 0.414. The van der Waals surface area contributed by atoms with Gasteiger partial charge in [0.25, 0.3) is 0 Å². The molecule has 0 saturated heterocycles. The number of rotatable bonds is 7. The van der Waals surface area contributed by atoms with Gasteiger partial charge in [-0.05, 0) is 40.9 Å². The average Bonchev–Trinajstić information content (AvgIpc) is 2.63. The van der Waals surface area contributed by atoms with Crippen LogP contribution in [0.1, 0.15) is 51.6 Å². The molecule has 0 fully saturated rings. The fourth-order valence-corrected chi connectivity index (χ4v) is 2.41. The summed E-state index contributed by atoms with van der Waals surface area (Å²) in [5.74, 6) is 0.787. The number of nitrogens with one attached hydrogen (secondary N) is 1. The molecular weight excluding hydrogens is 266 g/mol. The summed E-state index contributed by atoms with van der Waals surface area (Å²) in [6, 6.07) is 2.46. The highest BCUT2D eigenvalue weighted by atomic mass is 79.9. The Balaban J connectivity index is 2.51. The molecule has 1 rings (SSSR count). The molecule has 0 aliphatic carbocycles. The van der Waals surface area contributed by atoms with E-state index < -0.39 is 0 Å². The third kappa shape index (κ3) is 4.30. The molecule has 0 bridgehead atoms. The predicted molar refractivity (Wildman–Crippen MR) is 71.5 cm³/mol. The Morgan fingerprint density at radius 3 is 2.62 bits per heavy atom. The normalized spacial score (nSPS) is 13.3. The Morgan fingerprint density at radius 1 is 1.38 bits per heavy atom. The molecule has 1 aromatic rings. The second-order valence-corrected chi connectivity index (χ2v) is 5.30. The molecule has 0 aliphatic rings. The van der Waals surface area contributed by atoms with Crippen molar-refractivity contribution in [3.63, 3.8) is 0 Å². The SMILES string of the molecule is CCNC(CCCC(C)C)c1ccoc1Br. The third-order valence-electron chi connectivity index (χ3n) is 2.75. The van der Waals surface area contributed by atoms with E-state index in [0.29, 0.717) is 6.04 Å². The maximum absolute atomic E-state index is 5.30. The Labute approximate surface area is 107 Å². The van der Waals surface area contributed by atoms with Gasteiger partial charge in [0.1, 0.15) is 0 Å². The van der Waals surface area contributed by atoms with Crippen molar-refractivity contribution in [2.75, 3.05) is 6.54 Å². The summed E-state index contributed by atoms with van der Waals surface area (Å²) in [4.78, 5) is 0. The zero-order valence-electron chi connectivity index (χ0n) is 10.4. The first-order chi connectivity index (χ1) is 7.65.